The molecular weight excluding hydrogens is 209 g/mol. The van der Waals surface area contributed by atoms with Gasteiger partial charge in [-0.3, -0.25) is 9.69 Å². The molecule has 0 spiro atoms. The van der Waals surface area contributed by atoms with Crippen molar-refractivity contribution in [3.05, 3.63) is 23.8 Å². The van der Waals surface area contributed by atoms with Crippen LogP contribution in [0.1, 0.15) is 0 Å². The monoisotopic (exact) mass is 225 g/mol. The van der Waals surface area contributed by atoms with Crippen LogP contribution < -0.4 is 0 Å². The normalized spacial score (nSPS) is 31.2. The number of hydrogen-bond donors (Lipinski definition) is 0. The van der Waals surface area contributed by atoms with Crippen LogP contribution in [0.4, 0.5) is 4.39 Å². The predicted octanol–water partition coefficient (Wildman–Crippen LogP) is 0.968. The van der Waals surface area contributed by atoms with Gasteiger partial charge in [0, 0.05) is 31.1 Å². The van der Waals surface area contributed by atoms with Gasteiger partial charge in [0.1, 0.15) is 12.5 Å². The van der Waals surface area contributed by atoms with E-state index < -0.39 is 6.17 Å². The lowest BCUT2D eigenvalue weighted by Gasteiger charge is -2.31. The second kappa shape index (κ2) is 5.37. The van der Waals surface area contributed by atoms with Gasteiger partial charge in [0.05, 0.1) is 13.2 Å². The van der Waals surface area contributed by atoms with E-state index in [4.69, 9.17) is 4.74 Å². The molecule has 2 atom stereocenters. The molecule has 0 amide bonds. The summed E-state index contributed by atoms with van der Waals surface area (Å²) in [6, 6.07) is 0. The fourth-order valence-electron chi connectivity index (χ4n) is 2.09. The Labute approximate surface area is 94.6 Å². The van der Waals surface area contributed by atoms with Crippen LogP contribution in [0.25, 0.3) is 0 Å². The highest BCUT2D eigenvalue weighted by Gasteiger charge is 2.26. The van der Waals surface area contributed by atoms with Crippen LogP contribution in [0.15, 0.2) is 23.8 Å². The molecule has 1 fully saturated rings. The molecule has 0 N–H and O–H groups in total. The van der Waals surface area contributed by atoms with Gasteiger partial charge >= 0.3 is 0 Å². The van der Waals surface area contributed by atoms with Crippen molar-refractivity contribution in [3.63, 3.8) is 0 Å². The molecule has 0 saturated carbocycles. The molecule has 16 heavy (non-hydrogen) atoms. The van der Waals surface area contributed by atoms with Gasteiger partial charge in [-0.15, -0.1) is 0 Å². The van der Waals surface area contributed by atoms with Crippen LogP contribution in [0, 0.1) is 5.92 Å². The van der Waals surface area contributed by atoms with Crippen LogP contribution in [-0.2, 0) is 9.53 Å². The van der Waals surface area contributed by atoms with E-state index in [0.29, 0.717) is 26.0 Å². The Morgan fingerprint density at radius 1 is 1.50 bits per heavy atom. The van der Waals surface area contributed by atoms with Gasteiger partial charge < -0.3 is 4.74 Å². The standard InChI is InChI=1S/C12H16FNO2/c13-12-10(2-1-3-11(12)9-15)8-14-4-6-16-7-5-14/h1-3,9-10,12H,4-8H2. The highest BCUT2D eigenvalue weighted by Crippen LogP contribution is 2.22. The van der Waals surface area contributed by atoms with Crippen molar-refractivity contribution in [1.82, 2.24) is 4.90 Å². The third-order valence-corrected chi connectivity index (χ3v) is 3.05. The lowest BCUT2D eigenvalue weighted by Crippen LogP contribution is -2.41. The number of rotatable bonds is 3. The Balaban J connectivity index is 1.92. The average Bonchev–Trinajstić information content (AvgIpc) is 2.33. The summed E-state index contributed by atoms with van der Waals surface area (Å²) in [4.78, 5) is 12.8. The number of allylic oxidation sites excluding steroid dienone is 3. The third-order valence-electron chi connectivity index (χ3n) is 3.05. The molecule has 2 aliphatic rings. The maximum absolute atomic E-state index is 13.9. The van der Waals surface area contributed by atoms with E-state index >= 15 is 0 Å². The van der Waals surface area contributed by atoms with Crippen LogP contribution in [0.2, 0.25) is 0 Å². The van der Waals surface area contributed by atoms with Gasteiger partial charge in [0.25, 0.3) is 0 Å². The summed E-state index contributed by atoms with van der Waals surface area (Å²) in [5.74, 6) is -0.205. The third kappa shape index (κ3) is 2.57. The number of hydrogen-bond acceptors (Lipinski definition) is 3. The molecule has 1 aliphatic carbocycles. The van der Waals surface area contributed by atoms with Crippen molar-refractivity contribution in [2.75, 3.05) is 32.8 Å². The summed E-state index contributed by atoms with van der Waals surface area (Å²) in [5.41, 5.74) is 0.251. The molecule has 0 radical (unpaired) electrons. The number of halogens is 1. The molecule has 2 unspecified atom stereocenters. The number of ether oxygens (including phenoxy) is 1. The smallest absolute Gasteiger partial charge is 0.148 e. The molecule has 1 heterocycles. The van der Waals surface area contributed by atoms with Gasteiger partial charge in [0.2, 0.25) is 0 Å². The summed E-state index contributed by atoms with van der Waals surface area (Å²) in [5, 5.41) is 0. The molecule has 88 valence electrons. The highest BCUT2D eigenvalue weighted by atomic mass is 19.1. The van der Waals surface area contributed by atoms with Gasteiger partial charge in [-0.2, -0.15) is 0 Å². The van der Waals surface area contributed by atoms with E-state index in [-0.39, 0.29) is 11.5 Å². The maximum Gasteiger partial charge on any atom is 0.148 e. The van der Waals surface area contributed by atoms with Crippen molar-refractivity contribution >= 4 is 6.29 Å². The first kappa shape index (κ1) is 11.5. The van der Waals surface area contributed by atoms with Gasteiger partial charge in [0.15, 0.2) is 0 Å². The van der Waals surface area contributed by atoms with Crippen LogP contribution in [0.3, 0.4) is 0 Å². The number of carbonyl (C=O) groups is 1. The Bertz CT molecular complexity index is 308. The highest BCUT2D eigenvalue weighted by molar-refractivity contribution is 5.76. The SMILES string of the molecule is O=CC1=CC=CC(CN2CCOCC2)C1F. The van der Waals surface area contributed by atoms with E-state index in [2.05, 4.69) is 4.90 Å². The second-order valence-corrected chi connectivity index (χ2v) is 4.15. The summed E-state index contributed by atoms with van der Waals surface area (Å²) in [7, 11) is 0. The van der Waals surface area contributed by atoms with E-state index in [1.54, 1.807) is 12.2 Å². The minimum absolute atomic E-state index is 0.205. The minimum Gasteiger partial charge on any atom is -0.379 e. The zero-order chi connectivity index (χ0) is 11.4. The van der Waals surface area contributed by atoms with Crippen LogP contribution in [0.5, 0.6) is 0 Å². The zero-order valence-corrected chi connectivity index (χ0v) is 9.14. The van der Waals surface area contributed by atoms with E-state index in [0.717, 1.165) is 13.1 Å². The molecule has 0 aromatic carbocycles. The molecular formula is C12H16FNO2. The molecule has 3 nitrogen and oxygen atoms in total. The molecule has 4 heteroatoms. The van der Waals surface area contributed by atoms with Gasteiger partial charge in [-0.25, -0.2) is 4.39 Å². The number of nitrogens with zero attached hydrogens (tertiary/aromatic N) is 1. The quantitative estimate of drug-likeness (QED) is 0.670. The van der Waals surface area contributed by atoms with Crippen molar-refractivity contribution in [2.24, 2.45) is 5.92 Å². The van der Waals surface area contributed by atoms with E-state index in [1.807, 2.05) is 6.08 Å². The lowest BCUT2D eigenvalue weighted by atomic mass is 9.92. The molecule has 2 rings (SSSR count). The zero-order valence-electron chi connectivity index (χ0n) is 9.14. The molecule has 0 aromatic heterocycles. The Hall–Kier alpha value is -1.00. The van der Waals surface area contributed by atoms with Gasteiger partial charge in [-0.1, -0.05) is 18.2 Å². The average molecular weight is 225 g/mol. The van der Waals surface area contributed by atoms with Crippen molar-refractivity contribution in [1.29, 1.82) is 0 Å². The summed E-state index contributed by atoms with van der Waals surface area (Å²) in [6.45, 7) is 3.77. The Morgan fingerprint density at radius 3 is 2.94 bits per heavy atom. The van der Waals surface area contributed by atoms with E-state index in [9.17, 15) is 9.18 Å². The van der Waals surface area contributed by atoms with Crippen molar-refractivity contribution < 1.29 is 13.9 Å². The first-order valence-corrected chi connectivity index (χ1v) is 5.59. The van der Waals surface area contributed by atoms with Crippen molar-refractivity contribution in [2.45, 2.75) is 6.17 Å². The predicted molar refractivity (Wildman–Crippen MR) is 58.9 cm³/mol. The van der Waals surface area contributed by atoms with Crippen LogP contribution in [-0.4, -0.2) is 50.2 Å². The molecule has 1 saturated heterocycles. The lowest BCUT2D eigenvalue weighted by molar-refractivity contribution is -0.105. The molecule has 0 aromatic rings. The van der Waals surface area contributed by atoms with E-state index in [1.165, 1.54) is 0 Å². The first-order chi connectivity index (χ1) is 7.81. The number of aldehydes is 1. The number of alkyl halides is 1. The first-order valence-electron chi connectivity index (χ1n) is 5.59. The molecule has 1 aliphatic heterocycles. The topological polar surface area (TPSA) is 29.5 Å². The number of morpholine rings is 1. The van der Waals surface area contributed by atoms with Crippen LogP contribution >= 0.6 is 0 Å². The van der Waals surface area contributed by atoms with Gasteiger partial charge in [-0.05, 0) is 0 Å². The summed E-state index contributed by atoms with van der Waals surface area (Å²) < 4.78 is 19.1. The fourth-order valence-corrected chi connectivity index (χ4v) is 2.09. The fraction of sp³-hybridized carbons (Fsp3) is 0.583. The largest absolute Gasteiger partial charge is 0.379 e. The Morgan fingerprint density at radius 2 is 2.25 bits per heavy atom. The number of carbonyl (C=O) groups excluding carboxylic acids is 1. The Kier molecular flexibility index (Phi) is 3.85. The summed E-state index contributed by atoms with van der Waals surface area (Å²) in [6.07, 6.45) is 4.61. The molecule has 0 bridgehead atoms. The van der Waals surface area contributed by atoms with Crippen molar-refractivity contribution in [3.8, 4) is 0 Å². The minimum atomic E-state index is -1.16. The maximum atomic E-state index is 13.9. The summed E-state index contributed by atoms with van der Waals surface area (Å²) >= 11 is 0. The second-order valence-electron chi connectivity index (χ2n) is 4.15.